The van der Waals surface area contributed by atoms with Crippen LogP contribution < -0.4 is 26.6 Å². The molecule has 0 saturated heterocycles. The van der Waals surface area contributed by atoms with E-state index in [9.17, 15) is 24.0 Å². The molecule has 0 radical (unpaired) electrons. The lowest BCUT2D eigenvalue weighted by atomic mass is 9.89. The maximum absolute atomic E-state index is 12.2. The second-order valence-corrected chi connectivity index (χ2v) is 7.66. The van der Waals surface area contributed by atoms with Gasteiger partial charge in [0.2, 0.25) is 29.5 Å². The molecule has 10 heteroatoms. The van der Waals surface area contributed by atoms with E-state index in [1.165, 1.54) is 0 Å². The normalized spacial score (nSPS) is 12.0. The Kier molecular flexibility index (Phi) is 11.6. The zero-order valence-electron chi connectivity index (χ0n) is 18.2. The van der Waals surface area contributed by atoms with Crippen LogP contribution >= 0.6 is 0 Å². The summed E-state index contributed by atoms with van der Waals surface area (Å²) in [6.07, 6.45) is 0.627. The van der Waals surface area contributed by atoms with Crippen LogP contribution in [0.1, 0.15) is 48.0 Å². The molecule has 0 rings (SSSR count). The number of hydrogen-bond acceptors (Lipinski definition) is 5. The van der Waals surface area contributed by atoms with Crippen molar-refractivity contribution in [1.82, 2.24) is 26.6 Å². The molecule has 0 aliphatic carbocycles. The molecule has 10 nitrogen and oxygen atoms in total. The van der Waals surface area contributed by atoms with Crippen molar-refractivity contribution in [3.8, 4) is 0 Å². The molecular formula is C19H35N5O5. The van der Waals surface area contributed by atoms with Gasteiger partial charge in [0.25, 0.3) is 0 Å². The zero-order chi connectivity index (χ0) is 22.6. The van der Waals surface area contributed by atoms with Crippen LogP contribution in [0.3, 0.4) is 0 Å². The van der Waals surface area contributed by atoms with E-state index in [1.807, 2.05) is 6.92 Å². The summed E-state index contributed by atoms with van der Waals surface area (Å²) in [4.78, 5) is 59.5. The Labute approximate surface area is 172 Å². The number of carbonyl (C=O) groups is 5. The smallest absolute Gasteiger partial charge is 0.243 e. The van der Waals surface area contributed by atoms with E-state index >= 15 is 0 Å². The minimum Gasteiger partial charge on any atom is -0.355 e. The average molecular weight is 414 g/mol. The predicted molar refractivity (Wildman–Crippen MR) is 109 cm³/mol. The summed E-state index contributed by atoms with van der Waals surface area (Å²) >= 11 is 0. The van der Waals surface area contributed by atoms with E-state index in [1.54, 1.807) is 34.6 Å². The van der Waals surface area contributed by atoms with Crippen LogP contribution in [0.25, 0.3) is 0 Å². The third-order valence-corrected chi connectivity index (χ3v) is 4.42. The molecule has 0 aromatic heterocycles. The predicted octanol–water partition coefficient (Wildman–Crippen LogP) is -0.952. The third kappa shape index (κ3) is 10.5. The van der Waals surface area contributed by atoms with Gasteiger partial charge in [0.1, 0.15) is 6.04 Å². The van der Waals surface area contributed by atoms with Gasteiger partial charge in [0, 0.05) is 12.0 Å². The Balaban J connectivity index is 4.45. The highest BCUT2D eigenvalue weighted by atomic mass is 16.2. The lowest BCUT2D eigenvalue weighted by Crippen LogP contribution is -2.53. The van der Waals surface area contributed by atoms with Crippen molar-refractivity contribution in [3.63, 3.8) is 0 Å². The maximum Gasteiger partial charge on any atom is 0.243 e. The van der Waals surface area contributed by atoms with Crippen LogP contribution in [-0.2, 0) is 24.0 Å². The second-order valence-electron chi connectivity index (χ2n) is 7.66. The fraction of sp³-hybridized carbons (Fsp3) is 0.737. The number of hydrogen-bond donors (Lipinski definition) is 5. The van der Waals surface area contributed by atoms with Crippen LogP contribution in [0.4, 0.5) is 0 Å². The molecular weight excluding hydrogens is 378 g/mol. The Hall–Kier alpha value is -2.65. The molecule has 0 heterocycles. The lowest BCUT2D eigenvalue weighted by molar-refractivity contribution is -0.133. The topological polar surface area (TPSA) is 146 Å². The van der Waals surface area contributed by atoms with Gasteiger partial charge < -0.3 is 26.6 Å². The highest BCUT2D eigenvalue weighted by Crippen LogP contribution is 2.18. The Morgan fingerprint density at radius 1 is 0.759 bits per heavy atom. The van der Waals surface area contributed by atoms with Crippen molar-refractivity contribution in [1.29, 1.82) is 0 Å². The standard InChI is InChI=1S/C19H35N5O5/c1-7-19(5,6)18(29)23-10-14(26)21-11-15(27)24-16(12(3)4)17(28)22-9-13(25)20-8-2/h12,16H,7-11H2,1-6H3,(H,20,25)(H,21,26)(H,22,28)(H,23,29)(H,24,27). The fourth-order valence-electron chi connectivity index (χ4n) is 2.10. The first kappa shape index (κ1) is 26.4. The molecule has 5 N–H and O–H groups in total. The zero-order valence-corrected chi connectivity index (χ0v) is 18.2. The molecule has 166 valence electrons. The Morgan fingerprint density at radius 3 is 1.79 bits per heavy atom. The van der Waals surface area contributed by atoms with Crippen molar-refractivity contribution < 1.29 is 24.0 Å². The summed E-state index contributed by atoms with van der Waals surface area (Å²) in [6, 6.07) is -0.848. The lowest BCUT2D eigenvalue weighted by Gasteiger charge is -2.22. The summed E-state index contributed by atoms with van der Waals surface area (Å²) < 4.78 is 0. The monoisotopic (exact) mass is 413 g/mol. The Morgan fingerprint density at radius 2 is 1.28 bits per heavy atom. The fourth-order valence-corrected chi connectivity index (χ4v) is 2.10. The summed E-state index contributed by atoms with van der Waals surface area (Å²) in [6.45, 7) is 10.4. The molecule has 0 aliphatic heterocycles. The van der Waals surface area contributed by atoms with Crippen molar-refractivity contribution in [2.75, 3.05) is 26.2 Å². The highest BCUT2D eigenvalue weighted by molar-refractivity contribution is 5.93. The van der Waals surface area contributed by atoms with Crippen LogP contribution in [-0.4, -0.2) is 61.8 Å². The molecule has 0 spiro atoms. The van der Waals surface area contributed by atoms with Crippen molar-refractivity contribution in [3.05, 3.63) is 0 Å². The molecule has 5 amide bonds. The summed E-state index contributed by atoms with van der Waals surface area (Å²) in [5, 5.41) is 12.5. The molecule has 0 fully saturated rings. The van der Waals surface area contributed by atoms with Gasteiger partial charge in [-0.05, 0) is 19.3 Å². The van der Waals surface area contributed by atoms with Crippen LogP contribution in [0.2, 0.25) is 0 Å². The van der Waals surface area contributed by atoms with E-state index in [4.69, 9.17) is 0 Å². The number of likely N-dealkylation sites (N-methyl/N-ethyl adjacent to an activating group) is 1. The quantitative estimate of drug-likeness (QED) is 0.280. The summed E-state index contributed by atoms with van der Waals surface area (Å²) in [5.74, 6) is -2.34. The first-order chi connectivity index (χ1) is 13.4. The van der Waals surface area contributed by atoms with Gasteiger partial charge in [0.05, 0.1) is 19.6 Å². The number of nitrogens with one attached hydrogen (secondary N) is 5. The van der Waals surface area contributed by atoms with Gasteiger partial charge in [0.15, 0.2) is 0 Å². The number of rotatable bonds is 12. The van der Waals surface area contributed by atoms with E-state index in [0.29, 0.717) is 13.0 Å². The maximum atomic E-state index is 12.2. The Bertz CT molecular complexity index is 604. The van der Waals surface area contributed by atoms with E-state index in [-0.39, 0.29) is 37.4 Å². The summed E-state index contributed by atoms with van der Waals surface area (Å²) in [7, 11) is 0. The number of amides is 5. The molecule has 1 atom stereocenters. The molecule has 0 aliphatic rings. The van der Waals surface area contributed by atoms with Crippen LogP contribution in [0, 0.1) is 11.3 Å². The molecule has 0 bridgehead atoms. The third-order valence-electron chi connectivity index (χ3n) is 4.42. The van der Waals surface area contributed by atoms with Crippen molar-refractivity contribution in [2.24, 2.45) is 11.3 Å². The average Bonchev–Trinajstić information content (AvgIpc) is 2.66. The first-order valence-corrected chi connectivity index (χ1v) is 9.83. The minimum atomic E-state index is -0.848. The first-order valence-electron chi connectivity index (χ1n) is 9.83. The second kappa shape index (κ2) is 12.7. The van der Waals surface area contributed by atoms with Gasteiger partial charge >= 0.3 is 0 Å². The molecule has 29 heavy (non-hydrogen) atoms. The SMILES string of the molecule is CCNC(=O)CNC(=O)C(NC(=O)CNC(=O)CNC(=O)C(C)(C)CC)C(C)C. The van der Waals surface area contributed by atoms with E-state index in [2.05, 4.69) is 26.6 Å². The van der Waals surface area contributed by atoms with Crippen LogP contribution in [0.15, 0.2) is 0 Å². The minimum absolute atomic E-state index is 0.184. The van der Waals surface area contributed by atoms with Gasteiger partial charge in [-0.3, -0.25) is 24.0 Å². The number of carbonyl (C=O) groups excluding carboxylic acids is 5. The molecule has 0 aromatic rings. The highest BCUT2D eigenvalue weighted by Gasteiger charge is 2.26. The van der Waals surface area contributed by atoms with Gasteiger partial charge in [-0.1, -0.05) is 34.6 Å². The van der Waals surface area contributed by atoms with Crippen molar-refractivity contribution >= 4 is 29.5 Å². The molecule has 0 aromatic carbocycles. The molecule has 0 saturated carbocycles. The van der Waals surface area contributed by atoms with Gasteiger partial charge in [-0.2, -0.15) is 0 Å². The van der Waals surface area contributed by atoms with Gasteiger partial charge in [-0.15, -0.1) is 0 Å². The van der Waals surface area contributed by atoms with Crippen LogP contribution in [0.5, 0.6) is 0 Å². The van der Waals surface area contributed by atoms with E-state index in [0.717, 1.165) is 0 Å². The van der Waals surface area contributed by atoms with Crippen molar-refractivity contribution in [2.45, 2.75) is 54.0 Å². The summed E-state index contributed by atoms with van der Waals surface area (Å²) in [5.41, 5.74) is -0.580. The largest absolute Gasteiger partial charge is 0.355 e. The van der Waals surface area contributed by atoms with E-state index < -0.39 is 29.2 Å². The molecule has 1 unspecified atom stereocenters. The van der Waals surface area contributed by atoms with Gasteiger partial charge in [-0.25, -0.2) is 0 Å².